The Morgan fingerprint density at radius 1 is 1.29 bits per heavy atom. The molecule has 7 heteroatoms. The van der Waals surface area contributed by atoms with Gasteiger partial charge in [0.2, 0.25) is 5.88 Å². The summed E-state index contributed by atoms with van der Waals surface area (Å²) in [5, 5.41) is 9.87. The molecule has 7 nitrogen and oxygen atoms in total. The van der Waals surface area contributed by atoms with Crippen molar-refractivity contribution < 1.29 is 19.4 Å². The van der Waals surface area contributed by atoms with Gasteiger partial charge in [-0.05, 0) is 61.9 Å². The molecular formula is C28H35N3O4. The summed E-state index contributed by atoms with van der Waals surface area (Å²) in [6.07, 6.45) is 7.95. The monoisotopic (exact) mass is 477 g/mol. The Kier molecular flexibility index (Phi) is 7.86. The minimum Gasteiger partial charge on any atom is -0.472 e. The van der Waals surface area contributed by atoms with Crippen LogP contribution in [0.2, 0.25) is 0 Å². The fraction of sp³-hybridized carbons (Fsp3) is 0.464. The Balaban J connectivity index is 1.66. The molecule has 0 radical (unpaired) electrons. The molecule has 0 spiro atoms. The number of allylic oxidation sites excluding steroid dienone is 2. The van der Waals surface area contributed by atoms with Gasteiger partial charge in [0.15, 0.2) is 0 Å². The minimum absolute atomic E-state index is 0.0883. The van der Waals surface area contributed by atoms with Gasteiger partial charge in [-0.25, -0.2) is 4.98 Å². The van der Waals surface area contributed by atoms with Gasteiger partial charge in [0.1, 0.15) is 11.7 Å². The topological polar surface area (TPSA) is 83.0 Å². The van der Waals surface area contributed by atoms with Gasteiger partial charge in [0.05, 0.1) is 19.2 Å². The molecule has 0 bridgehead atoms. The minimum atomic E-state index is -0.375. The number of carbonyl (C=O) groups excluding carboxylic acids is 2. The third kappa shape index (κ3) is 5.56. The number of likely N-dealkylation sites (N-methyl/N-ethyl adjacent to an activating group) is 1. The molecule has 1 N–H and O–H groups in total. The van der Waals surface area contributed by atoms with Crippen molar-refractivity contribution in [3.05, 3.63) is 65.4 Å². The fourth-order valence-electron chi connectivity index (χ4n) is 4.75. The van der Waals surface area contributed by atoms with Crippen molar-refractivity contribution in [3.8, 4) is 5.88 Å². The van der Waals surface area contributed by atoms with Crippen LogP contribution in [0.4, 0.5) is 0 Å². The maximum Gasteiger partial charge on any atom is 0.259 e. The van der Waals surface area contributed by atoms with Crippen LogP contribution >= 0.6 is 0 Å². The van der Waals surface area contributed by atoms with Gasteiger partial charge in [-0.2, -0.15) is 0 Å². The van der Waals surface area contributed by atoms with Crippen molar-refractivity contribution in [1.29, 1.82) is 0 Å². The third-order valence-electron chi connectivity index (χ3n) is 7.00. The molecule has 0 saturated carbocycles. The molecule has 2 aliphatic rings. The summed E-state index contributed by atoms with van der Waals surface area (Å²) in [5.41, 5.74) is 3.17. The first-order chi connectivity index (χ1) is 16.9. The Bertz CT molecular complexity index is 1080. The molecule has 1 aliphatic carbocycles. The average molecular weight is 478 g/mol. The highest BCUT2D eigenvalue weighted by Crippen LogP contribution is 2.32. The molecule has 0 saturated heterocycles. The lowest BCUT2D eigenvalue weighted by molar-refractivity contribution is 0.0313. The molecule has 35 heavy (non-hydrogen) atoms. The first-order valence-corrected chi connectivity index (χ1v) is 12.5. The number of hydrogen-bond acceptors (Lipinski definition) is 5. The van der Waals surface area contributed by atoms with E-state index >= 15 is 0 Å². The summed E-state index contributed by atoms with van der Waals surface area (Å²) < 4.78 is 6.35. The maximum atomic E-state index is 13.6. The van der Waals surface area contributed by atoms with Crippen LogP contribution in [0.5, 0.6) is 5.88 Å². The second kappa shape index (κ2) is 11.0. The summed E-state index contributed by atoms with van der Waals surface area (Å²) in [7, 11) is 1.76. The molecule has 0 unspecified atom stereocenters. The second-order valence-corrected chi connectivity index (χ2v) is 9.73. The van der Waals surface area contributed by atoms with E-state index in [1.165, 1.54) is 12.0 Å². The highest BCUT2D eigenvalue weighted by atomic mass is 16.5. The van der Waals surface area contributed by atoms with E-state index in [4.69, 9.17) is 4.74 Å². The van der Waals surface area contributed by atoms with Crippen LogP contribution in [0.3, 0.4) is 0 Å². The van der Waals surface area contributed by atoms with Crippen molar-refractivity contribution in [1.82, 2.24) is 14.8 Å². The van der Waals surface area contributed by atoms with Crippen molar-refractivity contribution in [2.24, 2.45) is 5.92 Å². The normalized spacial score (nSPS) is 21.2. The summed E-state index contributed by atoms with van der Waals surface area (Å²) in [4.78, 5) is 34.5. The number of ether oxygens (including phenoxy) is 1. The van der Waals surface area contributed by atoms with Gasteiger partial charge in [-0.3, -0.25) is 9.59 Å². The number of aliphatic hydroxyl groups is 1. The average Bonchev–Trinajstić information content (AvgIpc) is 2.90. The number of pyridine rings is 1. The predicted octanol–water partition coefficient (Wildman–Crippen LogP) is 4.03. The number of fused-ring (bicyclic) bond motifs is 1. The Hall–Kier alpha value is -3.19. The number of aromatic nitrogens is 1. The Morgan fingerprint density at radius 2 is 2.06 bits per heavy atom. The molecule has 2 aromatic rings. The van der Waals surface area contributed by atoms with E-state index in [9.17, 15) is 14.7 Å². The standard InChI is InChI=1S/C28H35N3O4/c1-19-16-31(20(2)18-32)28(34)24-14-23(21-10-6-4-7-11-21)15-29-26(24)35-25(19)17-30(3)27(33)22-12-8-5-9-13-22/h5,8-10,12-15,19-20,25,32H,4,6-7,11,16-18H2,1-3H3/t19-,20+,25-/m1/s1. The number of amides is 2. The van der Waals surface area contributed by atoms with Crippen molar-refractivity contribution in [2.75, 3.05) is 26.7 Å². The zero-order chi connectivity index (χ0) is 24.9. The Labute approximate surface area is 207 Å². The molecule has 4 rings (SSSR count). The summed E-state index contributed by atoms with van der Waals surface area (Å²) >= 11 is 0. The van der Waals surface area contributed by atoms with Crippen molar-refractivity contribution in [2.45, 2.75) is 51.7 Å². The zero-order valence-corrected chi connectivity index (χ0v) is 20.8. The number of hydrogen-bond donors (Lipinski definition) is 1. The molecule has 186 valence electrons. The molecular weight excluding hydrogens is 442 g/mol. The molecule has 3 atom stereocenters. The number of nitrogens with zero attached hydrogens (tertiary/aromatic N) is 3. The number of carbonyl (C=O) groups is 2. The molecule has 1 aromatic carbocycles. The predicted molar refractivity (Wildman–Crippen MR) is 135 cm³/mol. The van der Waals surface area contributed by atoms with Crippen LogP contribution < -0.4 is 4.74 Å². The first kappa shape index (κ1) is 24.9. The van der Waals surface area contributed by atoms with Crippen molar-refractivity contribution >= 4 is 17.4 Å². The quantitative estimate of drug-likeness (QED) is 0.679. The molecule has 2 amide bonds. The largest absolute Gasteiger partial charge is 0.472 e. The highest BCUT2D eigenvalue weighted by molar-refractivity contribution is 5.97. The molecule has 2 heterocycles. The lowest BCUT2D eigenvalue weighted by atomic mass is 9.93. The van der Waals surface area contributed by atoms with Crippen LogP contribution in [0.15, 0.2) is 48.7 Å². The van der Waals surface area contributed by atoms with Gasteiger partial charge in [0.25, 0.3) is 11.8 Å². The number of benzene rings is 1. The maximum absolute atomic E-state index is 13.6. The van der Waals surface area contributed by atoms with Gasteiger partial charge in [-0.15, -0.1) is 0 Å². The molecule has 1 aromatic heterocycles. The SMILES string of the molecule is C[C@@H]1CN([C@@H](C)CO)C(=O)c2cc(C3=CCCCC3)cnc2O[C@@H]1CN(C)C(=O)c1ccccc1. The summed E-state index contributed by atoms with van der Waals surface area (Å²) in [5.74, 6) is -0.0868. The van der Waals surface area contributed by atoms with Gasteiger partial charge in [-0.1, -0.05) is 31.2 Å². The van der Waals surface area contributed by atoms with E-state index in [2.05, 4.69) is 11.1 Å². The van der Waals surface area contributed by atoms with E-state index in [-0.39, 0.29) is 42.4 Å². The van der Waals surface area contributed by atoms with Crippen molar-refractivity contribution in [3.63, 3.8) is 0 Å². The highest BCUT2D eigenvalue weighted by Gasteiger charge is 2.35. The summed E-state index contributed by atoms with van der Waals surface area (Å²) in [6.45, 7) is 4.46. The summed E-state index contributed by atoms with van der Waals surface area (Å²) in [6, 6.07) is 10.7. The van der Waals surface area contributed by atoms with E-state index in [1.807, 2.05) is 38.1 Å². The van der Waals surface area contributed by atoms with E-state index in [0.717, 1.165) is 24.8 Å². The molecule has 1 aliphatic heterocycles. The van der Waals surface area contributed by atoms with E-state index in [1.54, 1.807) is 35.2 Å². The van der Waals surface area contributed by atoms with Crippen LogP contribution in [0.1, 0.15) is 65.8 Å². The van der Waals surface area contributed by atoms with Crippen LogP contribution in [0.25, 0.3) is 5.57 Å². The number of rotatable bonds is 6. The van der Waals surface area contributed by atoms with Crippen LogP contribution in [0, 0.1) is 5.92 Å². The first-order valence-electron chi connectivity index (χ1n) is 12.5. The zero-order valence-electron chi connectivity index (χ0n) is 20.8. The Morgan fingerprint density at radius 3 is 2.74 bits per heavy atom. The van der Waals surface area contributed by atoms with E-state index in [0.29, 0.717) is 24.2 Å². The van der Waals surface area contributed by atoms with Crippen LogP contribution in [-0.2, 0) is 0 Å². The second-order valence-electron chi connectivity index (χ2n) is 9.73. The van der Waals surface area contributed by atoms with Gasteiger partial charge < -0.3 is 19.6 Å². The third-order valence-corrected chi connectivity index (χ3v) is 7.00. The lowest BCUT2D eigenvalue weighted by Gasteiger charge is -2.37. The van der Waals surface area contributed by atoms with E-state index < -0.39 is 0 Å². The van der Waals surface area contributed by atoms with Crippen LogP contribution in [-0.4, -0.2) is 70.6 Å². The lowest BCUT2D eigenvalue weighted by Crippen LogP contribution is -2.50. The fourth-order valence-corrected chi connectivity index (χ4v) is 4.75. The number of aliphatic hydroxyl groups excluding tert-OH is 1. The smallest absolute Gasteiger partial charge is 0.259 e. The van der Waals surface area contributed by atoms with Gasteiger partial charge in [0, 0.05) is 31.3 Å². The van der Waals surface area contributed by atoms with Gasteiger partial charge >= 0.3 is 0 Å². The molecule has 0 fully saturated rings.